The van der Waals surface area contributed by atoms with Crippen molar-refractivity contribution < 1.29 is 4.74 Å². The Morgan fingerprint density at radius 2 is 2.12 bits per heavy atom. The molecule has 0 amide bonds. The van der Waals surface area contributed by atoms with Crippen molar-refractivity contribution in [3.05, 3.63) is 16.4 Å². The molecular weight excluding hydrogens is 238 g/mol. The van der Waals surface area contributed by atoms with Crippen LogP contribution in [0.15, 0.2) is 0 Å². The Hall–Kier alpha value is -1.47. The summed E-state index contributed by atoms with van der Waals surface area (Å²) < 4.78 is 7.51. The molecule has 0 saturated heterocycles. The van der Waals surface area contributed by atoms with Gasteiger partial charge in [-0.3, -0.25) is 4.68 Å². The van der Waals surface area contributed by atoms with E-state index in [1.54, 1.807) is 4.68 Å². The first-order valence-electron chi connectivity index (χ1n) is 5.27. The Balaban J connectivity index is 2.19. The Morgan fingerprint density at radius 1 is 1.35 bits per heavy atom. The molecule has 2 rings (SSSR count). The van der Waals surface area contributed by atoms with E-state index in [4.69, 9.17) is 4.74 Å². The lowest BCUT2D eigenvalue weighted by Crippen LogP contribution is -2.04. The van der Waals surface area contributed by atoms with Gasteiger partial charge in [0, 0.05) is 13.6 Å². The van der Waals surface area contributed by atoms with E-state index in [0.29, 0.717) is 11.7 Å². The van der Waals surface area contributed by atoms with Crippen LogP contribution in [0.5, 0.6) is 10.9 Å². The van der Waals surface area contributed by atoms with Crippen LogP contribution in [0.3, 0.4) is 0 Å². The lowest BCUT2D eigenvalue weighted by Gasteiger charge is -2.00. The highest BCUT2D eigenvalue weighted by Gasteiger charge is 2.14. The van der Waals surface area contributed by atoms with Crippen LogP contribution in [0.2, 0.25) is 0 Å². The molecule has 7 heteroatoms. The smallest absolute Gasteiger partial charge is 0.299 e. The van der Waals surface area contributed by atoms with Crippen LogP contribution >= 0.6 is 11.3 Å². The lowest BCUT2D eigenvalue weighted by molar-refractivity contribution is 0.465. The van der Waals surface area contributed by atoms with Crippen LogP contribution in [-0.2, 0) is 13.6 Å². The minimum Gasteiger partial charge on any atom is -0.426 e. The van der Waals surface area contributed by atoms with E-state index in [1.807, 2.05) is 27.9 Å². The van der Waals surface area contributed by atoms with Gasteiger partial charge in [0.25, 0.3) is 5.19 Å². The van der Waals surface area contributed by atoms with Gasteiger partial charge in [-0.05, 0) is 20.9 Å². The molecule has 0 saturated carbocycles. The largest absolute Gasteiger partial charge is 0.426 e. The van der Waals surface area contributed by atoms with Gasteiger partial charge in [-0.2, -0.15) is 5.10 Å². The molecular formula is C10H15N5OS. The highest BCUT2D eigenvalue weighted by atomic mass is 32.1. The molecule has 2 heterocycles. The first kappa shape index (κ1) is 12.0. The number of rotatable bonds is 4. The van der Waals surface area contributed by atoms with Gasteiger partial charge in [-0.1, -0.05) is 16.4 Å². The molecule has 6 nitrogen and oxygen atoms in total. The summed E-state index contributed by atoms with van der Waals surface area (Å²) in [6, 6.07) is 0. The molecule has 1 N–H and O–H groups in total. The first-order chi connectivity index (χ1) is 8.11. The topological polar surface area (TPSA) is 64.9 Å². The van der Waals surface area contributed by atoms with Crippen molar-refractivity contribution in [3.63, 3.8) is 0 Å². The molecule has 0 aliphatic heterocycles. The molecule has 17 heavy (non-hydrogen) atoms. The standard InChI is InChI=1S/C10H15N5OS/c1-6-9(7(2)15(4)14-6)16-10-13-12-8(17-10)5-11-3/h11H,5H2,1-4H3. The summed E-state index contributed by atoms with van der Waals surface area (Å²) >= 11 is 1.43. The Kier molecular flexibility index (Phi) is 3.39. The van der Waals surface area contributed by atoms with Gasteiger partial charge in [0.1, 0.15) is 10.7 Å². The fourth-order valence-electron chi connectivity index (χ4n) is 1.49. The zero-order valence-electron chi connectivity index (χ0n) is 10.3. The number of nitrogens with zero attached hydrogens (tertiary/aromatic N) is 4. The number of hydrogen-bond acceptors (Lipinski definition) is 6. The lowest BCUT2D eigenvalue weighted by atomic mass is 10.3. The third-order valence-corrected chi connectivity index (χ3v) is 3.21. The van der Waals surface area contributed by atoms with E-state index in [9.17, 15) is 0 Å². The molecule has 0 aliphatic rings. The maximum Gasteiger partial charge on any atom is 0.299 e. The normalized spacial score (nSPS) is 10.8. The molecule has 0 bridgehead atoms. The van der Waals surface area contributed by atoms with Crippen molar-refractivity contribution in [2.24, 2.45) is 7.05 Å². The van der Waals surface area contributed by atoms with E-state index in [-0.39, 0.29) is 0 Å². The number of aryl methyl sites for hydroxylation is 2. The molecule has 0 unspecified atom stereocenters. The zero-order chi connectivity index (χ0) is 12.4. The highest BCUT2D eigenvalue weighted by Crippen LogP contribution is 2.29. The van der Waals surface area contributed by atoms with Gasteiger partial charge < -0.3 is 10.1 Å². The van der Waals surface area contributed by atoms with Crippen molar-refractivity contribution in [1.82, 2.24) is 25.3 Å². The predicted octanol–water partition coefficient (Wildman–Crippen LogP) is 1.40. The fourth-order valence-corrected chi connectivity index (χ4v) is 2.20. The van der Waals surface area contributed by atoms with E-state index < -0.39 is 0 Å². The molecule has 0 fully saturated rings. The molecule has 2 aromatic heterocycles. The second-order valence-electron chi connectivity index (χ2n) is 3.72. The monoisotopic (exact) mass is 253 g/mol. The Morgan fingerprint density at radius 3 is 2.71 bits per heavy atom. The van der Waals surface area contributed by atoms with Crippen LogP contribution in [0, 0.1) is 13.8 Å². The van der Waals surface area contributed by atoms with Gasteiger partial charge in [-0.25, -0.2) is 0 Å². The van der Waals surface area contributed by atoms with Gasteiger partial charge in [0.15, 0.2) is 5.75 Å². The van der Waals surface area contributed by atoms with Crippen molar-refractivity contribution in [3.8, 4) is 10.9 Å². The predicted molar refractivity (Wildman–Crippen MR) is 65.4 cm³/mol. The van der Waals surface area contributed by atoms with Gasteiger partial charge in [-0.15, -0.1) is 5.10 Å². The minimum atomic E-state index is 0.550. The number of ether oxygens (including phenoxy) is 1. The molecule has 0 aromatic carbocycles. The molecule has 2 aromatic rings. The van der Waals surface area contributed by atoms with Crippen molar-refractivity contribution in [2.45, 2.75) is 20.4 Å². The second-order valence-corrected chi connectivity index (χ2v) is 4.74. The first-order valence-corrected chi connectivity index (χ1v) is 6.08. The molecule has 0 spiro atoms. The minimum absolute atomic E-state index is 0.550. The third-order valence-electron chi connectivity index (χ3n) is 2.41. The molecule has 0 radical (unpaired) electrons. The summed E-state index contributed by atoms with van der Waals surface area (Å²) in [4.78, 5) is 0. The quantitative estimate of drug-likeness (QED) is 0.892. The van der Waals surface area contributed by atoms with Gasteiger partial charge in [0.2, 0.25) is 0 Å². The second kappa shape index (κ2) is 4.80. The van der Waals surface area contributed by atoms with Gasteiger partial charge in [0.05, 0.1) is 5.69 Å². The van der Waals surface area contributed by atoms with Crippen LogP contribution in [0.4, 0.5) is 0 Å². The van der Waals surface area contributed by atoms with Crippen LogP contribution < -0.4 is 10.1 Å². The Bertz CT molecular complexity index is 519. The summed E-state index contributed by atoms with van der Waals surface area (Å²) in [7, 11) is 3.76. The summed E-state index contributed by atoms with van der Waals surface area (Å²) in [5, 5.41) is 16.8. The van der Waals surface area contributed by atoms with Crippen LogP contribution in [-0.4, -0.2) is 27.0 Å². The Labute approximate surface area is 104 Å². The van der Waals surface area contributed by atoms with E-state index in [1.165, 1.54) is 11.3 Å². The molecule has 0 atom stereocenters. The van der Waals surface area contributed by atoms with Crippen LogP contribution in [0.25, 0.3) is 0 Å². The van der Waals surface area contributed by atoms with Crippen molar-refractivity contribution in [2.75, 3.05) is 7.05 Å². The number of hydrogen-bond donors (Lipinski definition) is 1. The van der Waals surface area contributed by atoms with E-state index in [0.717, 1.165) is 22.1 Å². The summed E-state index contributed by atoms with van der Waals surface area (Å²) in [5.41, 5.74) is 1.84. The third kappa shape index (κ3) is 2.45. The summed E-state index contributed by atoms with van der Waals surface area (Å²) in [6.45, 7) is 4.58. The van der Waals surface area contributed by atoms with Crippen LogP contribution in [0.1, 0.15) is 16.4 Å². The highest BCUT2D eigenvalue weighted by molar-refractivity contribution is 7.13. The maximum absolute atomic E-state index is 5.72. The SMILES string of the molecule is CNCc1nnc(Oc2c(C)nn(C)c2C)s1. The van der Waals surface area contributed by atoms with Crippen molar-refractivity contribution in [1.29, 1.82) is 0 Å². The molecule has 0 aliphatic carbocycles. The molecule has 92 valence electrons. The number of aromatic nitrogens is 4. The average molecular weight is 253 g/mol. The average Bonchev–Trinajstić information content (AvgIpc) is 2.81. The van der Waals surface area contributed by atoms with Crippen molar-refractivity contribution >= 4 is 11.3 Å². The van der Waals surface area contributed by atoms with E-state index in [2.05, 4.69) is 20.6 Å². The zero-order valence-corrected chi connectivity index (χ0v) is 11.1. The fraction of sp³-hybridized carbons (Fsp3) is 0.500. The number of nitrogens with one attached hydrogen (secondary N) is 1. The maximum atomic E-state index is 5.72. The summed E-state index contributed by atoms with van der Waals surface area (Å²) in [5.74, 6) is 0.764. The van der Waals surface area contributed by atoms with E-state index >= 15 is 0 Å². The van der Waals surface area contributed by atoms with Gasteiger partial charge >= 0.3 is 0 Å². The summed E-state index contributed by atoms with van der Waals surface area (Å²) in [6.07, 6.45) is 0.